The summed E-state index contributed by atoms with van der Waals surface area (Å²) in [7, 11) is 0. The van der Waals surface area contributed by atoms with Crippen LogP contribution in [0.1, 0.15) is 23.6 Å². The van der Waals surface area contributed by atoms with Crippen molar-refractivity contribution in [1.82, 2.24) is 5.43 Å². The summed E-state index contributed by atoms with van der Waals surface area (Å²) in [5, 5.41) is 6.25. The molecule has 0 aliphatic carbocycles. The number of fused-ring (bicyclic) bond motifs is 1. The fraction of sp³-hybridized carbons (Fsp3) is 0.182. The van der Waals surface area contributed by atoms with Crippen LogP contribution in [0.25, 0.3) is 10.8 Å². The second-order valence-corrected chi connectivity index (χ2v) is 6.36. The first-order valence-electron chi connectivity index (χ1n) is 8.58. The Labute approximate surface area is 153 Å². The van der Waals surface area contributed by atoms with Crippen LogP contribution in [-0.4, -0.2) is 18.2 Å². The molecule has 0 saturated heterocycles. The fourth-order valence-corrected chi connectivity index (χ4v) is 2.73. The second-order valence-electron chi connectivity index (χ2n) is 6.36. The van der Waals surface area contributed by atoms with Gasteiger partial charge in [-0.3, -0.25) is 4.79 Å². The monoisotopic (exact) mass is 346 g/mol. The van der Waals surface area contributed by atoms with Crippen LogP contribution in [0.15, 0.2) is 65.8 Å². The first-order valence-corrected chi connectivity index (χ1v) is 8.58. The van der Waals surface area contributed by atoms with Gasteiger partial charge in [-0.05, 0) is 54.8 Å². The number of amides is 1. The van der Waals surface area contributed by atoms with Gasteiger partial charge in [0.25, 0.3) is 5.91 Å². The lowest BCUT2D eigenvalue weighted by molar-refractivity contribution is -0.127. The maximum absolute atomic E-state index is 12.2. The quantitative estimate of drug-likeness (QED) is 0.551. The van der Waals surface area contributed by atoms with Crippen LogP contribution < -0.4 is 10.2 Å². The molecule has 26 heavy (non-hydrogen) atoms. The molecule has 0 saturated carbocycles. The molecule has 3 rings (SSSR count). The molecule has 0 unspecified atom stereocenters. The van der Waals surface area contributed by atoms with Gasteiger partial charge in [0.15, 0.2) is 6.10 Å². The number of nitrogens with one attached hydrogen (secondary N) is 1. The van der Waals surface area contributed by atoms with Gasteiger partial charge in [-0.25, -0.2) is 5.43 Å². The third kappa shape index (κ3) is 4.28. The summed E-state index contributed by atoms with van der Waals surface area (Å²) in [6, 6.07) is 19.9. The van der Waals surface area contributed by atoms with Crippen molar-refractivity contribution in [3.05, 3.63) is 77.4 Å². The van der Waals surface area contributed by atoms with E-state index in [1.165, 1.54) is 5.56 Å². The van der Waals surface area contributed by atoms with Crippen molar-refractivity contribution in [3.8, 4) is 5.75 Å². The van der Waals surface area contributed by atoms with E-state index in [-0.39, 0.29) is 5.91 Å². The molecule has 0 aliphatic rings. The Hall–Kier alpha value is -3.14. The number of rotatable bonds is 5. The lowest BCUT2D eigenvalue weighted by Gasteiger charge is -2.13. The third-order valence-electron chi connectivity index (χ3n) is 4.21. The van der Waals surface area contributed by atoms with Crippen LogP contribution in [0.3, 0.4) is 0 Å². The van der Waals surface area contributed by atoms with E-state index in [1.54, 1.807) is 13.1 Å². The Kier molecular flexibility index (Phi) is 5.32. The molecule has 3 aromatic carbocycles. The Balaban J connectivity index is 1.60. The number of carbonyl (C=O) groups is 1. The Morgan fingerprint density at radius 3 is 2.58 bits per heavy atom. The summed E-state index contributed by atoms with van der Waals surface area (Å²) < 4.78 is 5.74. The van der Waals surface area contributed by atoms with E-state index in [0.29, 0.717) is 5.75 Å². The van der Waals surface area contributed by atoms with Gasteiger partial charge in [0.05, 0.1) is 6.21 Å². The number of carbonyl (C=O) groups excluding carboxylic acids is 1. The molecule has 4 nitrogen and oxygen atoms in total. The van der Waals surface area contributed by atoms with E-state index in [1.807, 2.05) is 68.4 Å². The average Bonchev–Trinajstić information content (AvgIpc) is 2.63. The number of aryl methyl sites for hydroxylation is 2. The molecule has 0 aromatic heterocycles. The molecular weight excluding hydrogens is 324 g/mol. The standard InChI is InChI=1S/C22H22N2O2/c1-15-8-9-20(16(2)12-15)14-23-24-22(25)17(3)26-21-11-10-18-6-4-5-7-19(18)13-21/h4-14,17H,1-3H3,(H,24,25)/b23-14-/t17-/m0/s1. The van der Waals surface area contributed by atoms with Crippen LogP contribution in [0, 0.1) is 13.8 Å². The number of ether oxygens (including phenoxy) is 1. The van der Waals surface area contributed by atoms with E-state index >= 15 is 0 Å². The van der Waals surface area contributed by atoms with Crippen LogP contribution in [0.5, 0.6) is 5.75 Å². The van der Waals surface area contributed by atoms with Gasteiger partial charge in [0.1, 0.15) is 5.75 Å². The molecule has 0 aliphatic heterocycles. The zero-order chi connectivity index (χ0) is 18.5. The van der Waals surface area contributed by atoms with Crippen LogP contribution in [0.2, 0.25) is 0 Å². The van der Waals surface area contributed by atoms with Gasteiger partial charge < -0.3 is 4.74 Å². The van der Waals surface area contributed by atoms with Crippen molar-refractivity contribution in [3.63, 3.8) is 0 Å². The maximum Gasteiger partial charge on any atom is 0.280 e. The summed E-state index contributed by atoms with van der Waals surface area (Å²) in [6.07, 6.45) is 1.00. The number of hydrogen-bond donors (Lipinski definition) is 1. The predicted molar refractivity (Wildman–Crippen MR) is 106 cm³/mol. The zero-order valence-corrected chi connectivity index (χ0v) is 15.2. The van der Waals surface area contributed by atoms with Gasteiger partial charge >= 0.3 is 0 Å². The average molecular weight is 346 g/mol. The van der Waals surface area contributed by atoms with E-state index in [0.717, 1.165) is 21.9 Å². The van der Waals surface area contributed by atoms with E-state index in [2.05, 4.69) is 16.6 Å². The van der Waals surface area contributed by atoms with E-state index in [4.69, 9.17) is 4.74 Å². The highest BCUT2D eigenvalue weighted by Gasteiger charge is 2.14. The molecular formula is C22H22N2O2. The van der Waals surface area contributed by atoms with Gasteiger partial charge in [0.2, 0.25) is 0 Å². The lowest BCUT2D eigenvalue weighted by Crippen LogP contribution is -2.33. The summed E-state index contributed by atoms with van der Waals surface area (Å²) >= 11 is 0. The highest BCUT2D eigenvalue weighted by atomic mass is 16.5. The third-order valence-corrected chi connectivity index (χ3v) is 4.21. The van der Waals surface area contributed by atoms with Gasteiger partial charge in [0, 0.05) is 0 Å². The molecule has 0 radical (unpaired) electrons. The highest BCUT2D eigenvalue weighted by molar-refractivity contribution is 5.86. The summed E-state index contributed by atoms with van der Waals surface area (Å²) in [4.78, 5) is 12.2. The van der Waals surface area contributed by atoms with Crippen molar-refractivity contribution in [2.24, 2.45) is 5.10 Å². The van der Waals surface area contributed by atoms with Crippen molar-refractivity contribution >= 4 is 22.9 Å². The van der Waals surface area contributed by atoms with Crippen LogP contribution in [0.4, 0.5) is 0 Å². The number of benzene rings is 3. The highest BCUT2D eigenvalue weighted by Crippen LogP contribution is 2.21. The molecule has 1 amide bonds. The van der Waals surface area contributed by atoms with Gasteiger partial charge in [-0.2, -0.15) is 5.10 Å². The predicted octanol–water partition coefficient (Wildman–Crippen LogP) is 4.37. The molecule has 4 heteroatoms. The first-order chi connectivity index (χ1) is 12.5. The van der Waals surface area contributed by atoms with Crippen molar-refractivity contribution in [2.75, 3.05) is 0 Å². The van der Waals surface area contributed by atoms with Crippen LogP contribution in [-0.2, 0) is 4.79 Å². The topological polar surface area (TPSA) is 50.7 Å². The minimum absolute atomic E-state index is 0.292. The number of hydrazone groups is 1. The fourth-order valence-electron chi connectivity index (χ4n) is 2.73. The summed E-state index contributed by atoms with van der Waals surface area (Å²) in [5.41, 5.74) is 5.82. The van der Waals surface area contributed by atoms with Gasteiger partial charge in [-0.15, -0.1) is 0 Å². The Morgan fingerprint density at radius 1 is 1.04 bits per heavy atom. The Bertz CT molecular complexity index is 963. The minimum atomic E-state index is -0.646. The van der Waals surface area contributed by atoms with E-state index in [9.17, 15) is 4.79 Å². The molecule has 1 N–H and O–H groups in total. The molecule has 0 heterocycles. The second kappa shape index (κ2) is 7.83. The molecule has 0 bridgehead atoms. The number of hydrogen-bond acceptors (Lipinski definition) is 3. The zero-order valence-electron chi connectivity index (χ0n) is 15.2. The SMILES string of the molecule is Cc1ccc(/C=N\NC(=O)[C@H](C)Oc2ccc3ccccc3c2)c(C)c1. The maximum atomic E-state index is 12.2. The van der Waals surface area contributed by atoms with Crippen LogP contribution >= 0.6 is 0 Å². The largest absolute Gasteiger partial charge is 0.481 e. The smallest absolute Gasteiger partial charge is 0.280 e. The van der Waals surface area contributed by atoms with Crippen molar-refractivity contribution in [2.45, 2.75) is 26.9 Å². The normalized spacial score (nSPS) is 12.3. The van der Waals surface area contributed by atoms with Crippen molar-refractivity contribution < 1.29 is 9.53 Å². The molecule has 1 atom stereocenters. The van der Waals surface area contributed by atoms with E-state index < -0.39 is 6.10 Å². The summed E-state index contributed by atoms with van der Waals surface area (Å²) in [5.74, 6) is 0.365. The van der Waals surface area contributed by atoms with Crippen molar-refractivity contribution in [1.29, 1.82) is 0 Å². The summed E-state index contributed by atoms with van der Waals surface area (Å²) in [6.45, 7) is 5.76. The minimum Gasteiger partial charge on any atom is -0.481 e. The molecule has 3 aromatic rings. The first kappa shape index (κ1) is 17.7. The Morgan fingerprint density at radius 2 is 1.81 bits per heavy atom. The number of nitrogens with zero attached hydrogens (tertiary/aromatic N) is 1. The molecule has 132 valence electrons. The molecule has 0 spiro atoms. The lowest BCUT2D eigenvalue weighted by atomic mass is 10.1. The molecule has 0 fully saturated rings. The van der Waals surface area contributed by atoms with Gasteiger partial charge in [-0.1, -0.05) is 54.1 Å².